The summed E-state index contributed by atoms with van der Waals surface area (Å²) in [7, 11) is 0. The number of nitrogens with one attached hydrogen (secondary N) is 2. The van der Waals surface area contributed by atoms with Crippen LogP contribution in [0, 0.1) is 17.0 Å². The highest BCUT2D eigenvalue weighted by molar-refractivity contribution is 5.87. The van der Waals surface area contributed by atoms with E-state index in [1.165, 1.54) is 12.1 Å². The summed E-state index contributed by atoms with van der Waals surface area (Å²) < 4.78 is 10.1. The second kappa shape index (κ2) is 8.83. The number of carbonyl (C=O) groups is 1. The lowest BCUT2D eigenvalue weighted by molar-refractivity contribution is -0.384. The van der Waals surface area contributed by atoms with Crippen LogP contribution in [0.1, 0.15) is 18.4 Å². The van der Waals surface area contributed by atoms with Crippen molar-refractivity contribution in [2.75, 3.05) is 17.2 Å². The van der Waals surface area contributed by atoms with Crippen LogP contribution in [0.2, 0.25) is 0 Å². The van der Waals surface area contributed by atoms with Gasteiger partial charge in [0.15, 0.2) is 0 Å². The molecule has 0 spiro atoms. The minimum atomic E-state index is -0.516. The fourth-order valence-corrected chi connectivity index (χ4v) is 2.59. The topological polar surface area (TPSA) is 132 Å². The normalized spacial score (nSPS) is 10.4. The van der Waals surface area contributed by atoms with Gasteiger partial charge in [0.25, 0.3) is 5.69 Å². The minimum absolute atomic E-state index is 0.00841. The quantitative estimate of drug-likeness (QED) is 0.449. The van der Waals surface area contributed by atoms with Gasteiger partial charge in [-0.05, 0) is 43.7 Å². The lowest BCUT2D eigenvalue weighted by Crippen LogP contribution is -2.14. The van der Waals surface area contributed by atoms with Gasteiger partial charge in [0.2, 0.25) is 11.7 Å². The fraction of sp³-hybridized carbons (Fsp3) is 0.211. The number of amides is 1. The third-order valence-corrected chi connectivity index (χ3v) is 4.08. The molecule has 3 aromatic rings. The molecule has 0 fully saturated rings. The number of anilines is 2. The van der Waals surface area contributed by atoms with Gasteiger partial charge in [0, 0.05) is 29.1 Å². The number of nitro benzene ring substituents is 1. The van der Waals surface area contributed by atoms with Crippen molar-refractivity contribution >= 4 is 23.2 Å². The van der Waals surface area contributed by atoms with Gasteiger partial charge in [-0.25, -0.2) is 4.79 Å². The molecule has 0 aliphatic carbocycles. The maximum atomic E-state index is 11.6. The van der Waals surface area contributed by atoms with Crippen molar-refractivity contribution in [3.63, 3.8) is 0 Å². The SMILES string of the molecule is CCOC(=O)Nc1cccc(NCc2nc(-c3ccc([N+](=O)[O-])cc3)no2)c1C. The molecule has 10 heteroatoms. The van der Waals surface area contributed by atoms with Gasteiger partial charge in [-0.1, -0.05) is 11.2 Å². The highest BCUT2D eigenvalue weighted by atomic mass is 16.6. The van der Waals surface area contributed by atoms with Crippen LogP contribution in [0.25, 0.3) is 11.4 Å². The molecule has 0 atom stereocenters. The number of non-ortho nitro benzene ring substituents is 1. The van der Waals surface area contributed by atoms with Gasteiger partial charge in [-0.3, -0.25) is 15.4 Å². The van der Waals surface area contributed by atoms with Crippen molar-refractivity contribution in [2.45, 2.75) is 20.4 Å². The average Bonchev–Trinajstić information content (AvgIpc) is 3.18. The molecular formula is C19H19N5O5. The van der Waals surface area contributed by atoms with Crippen molar-refractivity contribution in [3.05, 3.63) is 64.0 Å². The Morgan fingerprint density at radius 3 is 2.62 bits per heavy atom. The predicted octanol–water partition coefficient (Wildman–Crippen LogP) is 4.13. The number of aromatic nitrogens is 2. The van der Waals surface area contributed by atoms with E-state index in [1.807, 2.05) is 13.0 Å². The fourth-order valence-electron chi connectivity index (χ4n) is 2.59. The van der Waals surface area contributed by atoms with Gasteiger partial charge in [0.05, 0.1) is 18.1 Å². The third-order valence-electron chi connectivity index (χ3n) is 4.08. The molecule has 1 heterocycles. The molecule has 0 saturated heterocycles. The lowest BCUT2D eigenvalue weighted by Gasteiger charge is -2.13. The number of ether oxygens (including phenoxy) is 1. The summed E-state index contributed by atoms with van der Waals surface area (Å²) in [5.41, 5.74) is 2.85. The smallest absolute Gasteiger partial charge is 0.411 e. The molecule has 0 aliphatic rings. The van der Waals surface area contributed by atoms with Gasteiger partial charge in [0.1, 0.15) is 0 Å². The number of nitro groups is 1. The third kappa shape index (κ3) is 4.86. The molecule has 150 valence electrons. The molecule has 3 rings (SSSR count). The summed E-state index contributed by atoms with van der Waals surface area (Å²) in [4.78, 5) is 26.2. The average molecular weight is 397 g/mol. The molecule has 0 bridgehead atoms. The Hall–Kier alpha value is -3.95. The first-order valence-electron chi connectivity index (χ1n) is 8.82. The molecule has 0 unspecified atom stereocenters. The van der Waals surface area contributed by atoms with Crippen molar-refractivity contribution < 1.29 is 19.0 Å². The van der Waals surface area contributed by atoms with Crippen molar-refractivity contribution in [1.29, 1.82) is 0 Å². The number of rotatable bonds is 7. The first-order valence-corrected chi connectivity index (χ1v) is 8.82. The van der Waals surface area contributed by atoms with Gasteiger partial charge >= 0.3 is 6.09 Å². The Bertz CT molecular complexity index is 1020. The number of hydrogen-bond acceptors (Lipinski definition) is 8. The summed E-state index contributed by atoms with van der Waals surface area (Å²) in [5, 5.41) is 20.5. The van der Waals surface area contributed by atoms with Crippen LogP contribution in [0.15, 0.2) is 47.0 Å². The molecule has 1 amide bonds. The molecule has 2 N–H and O–H groups in total. The van der Waals surface area contributed by atoms with E-state index in [0.717, 1.165) is 11.3 Å². The zero-order valence-corrected chi connectivity index (χ0v) is 15.8. The Morgan fingerprint density at radius 2 is 1.93 bits per heavy atom. The van der Waals surface area contributed by atoms with Gasteiger partial charge in [-0.2, -0.15) is 4.98 Å². The van der Waals surface area contributed by atoms with Crippen LogP contribution in [0.5, 0.6) is 0 Å². The molecule has 1 aromatic heterocycles. The molecule has 10 nitrogen and oxygen atoms in total. The van der Waals surface area contributed by atoms with Crippen LogP contribution in [0.4, 0.5) is 21.9 Å². The Morgan fingerprint density at radius 1 is 1.21 bits per heavy atom. The Kier molecular flexibility index (Phi) is 6.03. The first-order chi connectivity index (χ1) is 14.0. The monoisotopic (exact) mass is 397 g/mol. The number of hydrogen-bond donors (Lipinski definition) is 2. The number of carbonyl (C=O) groups excluding carboxylic acids is 1. The standard InChI is InChI=1S/C19H19N5O5/c1-3-28-19(25)21-16-6-4-5-15(12(16)2)20-11-17-22-18(23-29-17)13-7-9-14(10-8-13)24(26)27/h4-10,20H,3,11H2,1-2H3,(H,21,25). The lowest BCUT2D eigenvalue weighted by atomic mass is 10.1. The summed E-state index contributed by atoms with van der Waals surface area (Å²) in [6.07, 6.45) is -0.516. The highest BCUT2D eigenvalue weighted by Crippen LogP contribution is 2.24. The maximum absolute atomic E-state index is 11.6. The maximum Gasteiger partial charge on any atom is 0.411 e. The molecule has 0 aliphatic heterocycles. The Balaban J connectivity index is 1.66. The van der Waals surface area contributed by atoms with Crippen LogP contribution in [0.3, 0.4) is 0 Å². The van der Waals surface area contributed by atoms with E-state index in [0.29, 0.717) is 23.0 Å². The van der Waals surface area contributed by atoms with E-state index in [-0.39, 0.29) is 18.8 Å². The molecule has 0 radical (unpaired) electrons. The largest absolute Gasteiger partial charge is 0.450 e. The van der Waals surface area contributed by atoms with Crippen LogP contribution < -0.4 is 10.6 Å². The van der Waals surface area contributed by atoms with Crippen molar-refractivity contribution in [1.82, 2.24) is 10.1 Å². The van der Waals surface area contributed by atoms with Crippen molar-refractivity contribution in [3.8, 4) is 11.4 Å². The zero-order valence-electron chi connectivity index (χ0n) is 15.8. The molecular weight excluding hydrogens is 378 g/mol. The molecule has 0 saturated carbocycles. The molecule has 29 heavy (non-hydrogen) atoms. The van der Waals surface area contributed by atoms with E-state index in [1.54, 1.807) is 31.2 Å². The summed E-state index contributed by atoms with van der Waals surface area (Å²) in [6.45, 7) is 4.15. The van der Waals surface area contributed by atoms with Crippen LogP contribution in [-0.4, -0.2) is 27.8 Å². The van der Waals surface area contributed by atoms with E-state index < -0.39 is 11.0 Å². The van der Waals surface area contributed by atoms with Crippen LogP contribution in [-0.2, 0) is 11.3 Å². The summed E-state index contributed by atoms with van der Waals surface area (Å²) in [5.74, 6) is 0.688. The van der Waals surface area contributed by atoms with E-state index >= 15 is 0 Å². The second-order valence-corrected chi connectivity index (χ2v) is 5.99. The zero-order chi connectivity index (χ0) is 20.8. The molecule has 2 aromatic carbocycles. The van der Waals surface area contributed by atoms with Crippen molar-refractivity contribution in [2.24, 2.45) is 0 Å². The Labute approximate surface area is 166 Å². The predicted molar refractivity (Wildman–Crippen MR) is 106 cm³/mol. The first kappa shape index (κ1) is 19.8. The minimum Gasteiger partial charge on any atom is -0.450 e. The number of benzene rings is 2. The van der Waals surface area contributed by atoms with Gasteiger partial charge < -0.3 is 14.6 Å². The van der Waals surface area contributed by atoms with E-state index in [4.69, 9.17) is 9.26 Å². The highest BCUT2D eigenvalue weighted by Gasteiger charge is 2.12. The number of nitrogens with zero attached hydrogens (tertiary/aromatic N) is 3. The van der Waals surface area contributed by atoms with Crippen LogP contribution >= 0.6 is 0 Å². The summed E-state index contributed by atoms with van der Waals surface area (Å²) >= 11 is 0. The van der Waals surface area contributed by atoms with E-state index in [2.05, 4.69) is 20.8 Å². The van der Waals surface area contributed by atoms with E-state index in [9.17, 15) is 14.9 Å². The summed E-state index contributed by atoms with van der Waals surface area (Å²) in [6, 6.07) is 11.3. The van der Waals surface area contributed by atoms with Gasteiger partial charge in [-0.15, -0.1) is 0 Å². The second-order valence-electron chi connectivity index (χ2n) is 5.99.